The topological polar surface area (TPSA) is 134 Å². The van der Waals surface area contributed by atoms with Crippen LogP contribution in [0.15, 0.2) is 82.6 Å². The first-order chi connectivity index (χ1) is 17.0. The van der Waals surface area contributed by atoms with Crippen molar-refractivity contribution >= 4 is 42.4 Å². The lowest BCUT2D eigenvalue weighted by atomic mass is 9.89. The van der Waals surface area contributed by atoms with Crippen molar-refractivity contribution in [2.75, 3.05) is 5.32 Å². The average molecular weight is 523 g/mol. The lowest BCUT2D eigenvalue weighted by molar-refractivity contribution is 0.481. The normalized spacial score (nSPS) is 16.1. The molecular formula is C26H22N2O6S2. The maximum absolute atomic E-state index is 12.4. The second kappa shape index (κ2) is 8.52. The minimum absolute atomic E-state index is 0.0949. The maximum atomic E-state index is 12.4. The summed E-state index contributed by atoms with van der Waals surface area (Å²) in [5, 5.41) is 3.61. The van der Waals surface area contributed by atoms with Gasteiger partial charge >= 0.3 is 0 Å². The molecule has 1 aromatic heterocycles. The molecule has 0 saturated heterocycles. The Hall–Kier alpha value is -3.57. The van der Waals surface area contributed by atoms with Gasteiger partial charge in [0.2, 0.25) is 0 Å². The number of pyridine rings is 1. The van der Waals surface area contributed by atoms with Crippen LogP contribution in [0, 0.1) is 6.92 Å². The Kier molecular flexibility index (Phi) is 5.72. The van der Waals surface area contributed by atoms with Crippen LogP contribution in [0.4, 0.5) is 5.69 Å². The molecule has 3 aromatic carbocycles. The van der Waals surface area contributed by atoms with Gasteiger partial charge < -0.3 is 5.32 Å². The zero-order valence-corrected chi connectivity index (χ0v) is 20.9. The van der Waals surface area contributed by atoms with Crippen LogP contribution >= 0.6 is 0 Å². The summed E-state index contributed by atoms with van der Waals surface area (Å²) in [5.74, 6) is 0. The molecule has 0 saturated carbocycles. The maximum Gasteiger partial charge on any atom is 0.296 e. The fourth-order valence-electron chi connectivity index (χ4n) is 4.88. The number of aromatic nitrogens is 1. The molecule has 0 fully saturated rings. The van der Waals surface area contributed by atoms with Gasteiger partial charge in [-0.25, -0.2) is 4.98 Å². The van der Waals surface area contributed by atoms with Crippen molar-refractivity contribution in [3.05, 3.63) is 94.5 Å². The molecule has 0 amide bonds. The molecule has 0 aliphatic carbocycles. The molecule has 0 radical (unpaired) electrons. The highest BCUT2D eigenvalue weighted by Gasteiger charge is 2.35. The number of nitrogens with one attached hydrogen (secondary N) is 1. The molecule has 1 atom stereocenters. The Morgan fingerprint density at radius 1 is 0.806 bits per heavy atom. The van der Waals surface area contributed by atoms with Gasteiger partial charge in [0.1, 0.15) is 9.80 Å². The first-order valence-corrected chi connectivity index (χ1v) is 13.9. The van der Waals surface area contributed by atoms with Gasteiger partial charge in [0, 0.05) is 22.1 Å². The number of hydrogen-bond donors (Lipinski definition) is 3. The van der Waals surface area contributed by atoms with Gasteiger partial charge in [0.15, 0.2) is 0 Å². The van der Waals surface area contributed by atoms with Crippen LogP contribution in [0.25, 0.3) is 27.6 Å². The summed E-state index contributed by atoms with van der Waals surface area (Å²) in [6.07, 6.45) is 0. The van der Waals surface area contributed by atoms with Gasteiger partial charge in [-0.1, -0.05) is 72.8 Å². The number of anilines is 1. The van der Waals surface area contributed by atoms with Crippen LogP contribution in [0.1, 0.15) is 23.7 Å². The van der Waals surface area contributed by atoms with Crippen molar-refractivity contribution in [3.63, 3.8) is 0 Å². The summed E-state index contributed by atoms with van der Waals surface area (Å²) in [4.78, 5) is 4.09. The molecule has 1 unspecified atom stereocenters. The molecule has 1 aliphatic rings. The van der Waals surface area contributed by atoms with Crippen LogP contribution in [0.5, 0.6) is 0 Å². The Morgan fingerprint density at radius 2 is 1.39 bits per heavy atom. The van der Waals surface area contributed by atoms with Gasteiger partial charge in [-0.3, -0.25) is 9.11 Å². The van der Waals surface area contributed by atoms with E-state index in [-0.39, 0.29) is 15.5 Å². The summed E-state index contributed by atoms with van der Waals surface area (Å²) >= 11 is 0. The van der Waals surface area contributed by atoms with Crippen molar-refractivity contribution in [1.82, 2.24) is 4.98 Å². The molecule has 36 heavy (non-hydrogen) atoms. The van der Waals surface area contributed by atoms with Gasteiger partial charge in [-0.05, 0) is 25.0 Å². The van der Waals surface area contributed by atoms with E-state index in [1.165, 1.54) is 6.92 Å². The number of hydrogen-bond acceptors (Lipinski definition) is 6. The van der Waals surface area contributed by atoms with E-state index < -0.39 is 26.3 Å². The average Bonchev–Trinajstić information content (AvgIpc) is 2.82. The monoisotopic (exact) mass is 522 g/mol. The quantitative estimate of drug-likeness (QED) is 0.322. The molecule has 5 rings (SSSR count). The number of benzene rings is 3. The summed E-state index contributed by atoms with van der Waals surface area (Å²) in [6.45, 7) is 3.11. The molecule has 8 nitrogen and oxygen atoms in total. The van der Waals surface area contributed by atoms with Crippen molar-refractivity contribution in [2.45, 2.75) is 24.8 Å². The van der Waals surface area contributed by atoms with E-state index in [9.17, 15) is 25.9 Å². The number of aryl methyl sites for hydroxylation is 1. The number of rotatable bonds is 4. The highest BCUT2D eigenvalue weighted by Crippen LogP contribution is 2.45. The highest BCUT2D eigenvalue weighted by atomic mass is 32.2. The predicted molar refractivity (Wildman–Crippen MR) is 139 cm³/mol. The van der Waals surface area contributed by atoms with Gasteiger partial charge in [0.05, 0.1) is 22.9 Å². The van der Waals surface area contributed by atoms with Crippen LogP contribution < -0.4 is 5.32 Å². The second-order valence-electron chi connectivity index (χ2n) is 8.57. The third-order valence-corrected chi connectivity index (χ3v) is 8.34. The molecule has 1 aliphatic heterocycles. The Labute approximate surface area is 208 Å². The molecule has 184 valence electrons. The SMILES string of the molecule is Cc1nc2c3c(ccc2c(-c2ccccc2)c1S(=O)(=O)O)C(c1ccccc1)=C(S(=O)(=O)O)C(C)N3. The lowest BCUT2D eigenvalue weighted by Crippen LogP contribution is -2.29. The minimum Gasteiger partial charge on any atom is -0.375 e. The van der Waals surface area contributed by atoms with Crippen LogP contribution in [-0.2, 0) is 20.2 Å². The van der Waals surface area contributed by atoms with Crippen LogP contribution in [0.2, 0.25) is 0 Å². The minimum atomic E-state index is -4.62. The molecule has 3 N–H and O–H groups in total. The summed E-state index contributed by atoms with van der Waals surface area (Å²) < 4.78 is 69.9. The van der Waals surface area contributed by atoms with E-state index in [1.54, 1.807) is 79.7 Å². The zero-order chi connectivity index (χ0) is 25.8. The fourth-order valence-corrected chi connectivity index (χ4v) is 6.77. The third kappa shape index (κ3) is 3.97. The predicted octanol–water partition coefficient (Wildman–Crippen LogP) is 4.92. The Balaban J connectivity index is 1.95. The standard InChI is InChI=1S/C26H22N2O6S2/c1-15-25(35(29,30)31)21(17-9-5-3-6-10-17)19-13-14-20-22(18-11-7-4-8-12-18)26(36(32,33)34)16(2)28-24(20)23(19)27-15/h3-15,27H,1-2H3,(H,29,30,31)(H,32,33,34). The molecular weight excluding hydrogens is 500 g/mol. The van der Waals surface area contributed by atoms with E-state index in [1.807, 2.05) is 0 Å². The van der Waals surface area contributed by atoms with Crippen LogP contribution in [0.3, 0.4) is 0 Å². The van der Waals surface area contributed by atoms with Crippen molar-refractivity contribution in [1.29, 1.82) is 0 Å². The lowest BCUT2D eigenvalue weighted by Gasteiger charge is -2.30. The fraction of sp³-hybridized carbons (Fsp3) is 0.115. The smallest absolute Gasteiger partial charge is 0.296 e. The highest BCUT2D eigenvalue weighted by molar-refractivity contribution is 7.90. The molecule has 0 spiro atoms. The second-order valence-corrected chi connectivity index (χ2v) is 11.3. The first kappa shape index (κ1) is 24.1. The van der Waals surface area contributed by atoms with Gasteiger partial charge in [-0.15, -0.1) is 0 Å². The Morgan fingerprint density at radius 3 is 1.94 bits per heavy atom. The first-order valence-electron chi connectivity index (χ1n) is 11.0. The van der Waals surface area contributed by atoms with E-state index in [0.717, 1.165) is 0 Å². The van der Waals surface area contributed by atoms with Crippen LogP contribution in [-0.4, -0.2) is 37.0 Å². The summed E-state index contributed by atoms with van der Waals surface area (Å²) in [7, 11) is -9.19. The van der Waals surface area contributed by atoms with E-state index >= 15 is 0 Å². The molecule has 2 heterocycles. The summed E-state index contributed by atoms with van der Waals surface area (Å²) in [6, 6.07) is 20.2. The number of fused-ring (bicyclic) bond motifs is 3. The Bertz CT molecular complexity index is 1770. The van der Waals surface area contributed by atoms with E-state index in [0.29, 0.717) is 44.4 Å². The number of nitrogens with zero attached hydrogens (tertiary/aromatic N) is 1. The van der Waals surface area contributed by atoms with E-state index in [4.69, 9.17) is 0 Å². The molecule has 4 aromatic rings. The van der Waals surface area contributed by atoms with Gasteiger partial charge in [-0.2, -0.15) is 16.8 Å². The van der Waals surface area contributed by atoms with Crippen molar-refractivity contribution in [2.24, 2.45) is 0 Å². The van der Waals surface area contributed by atoms with Crippen molar-refractivity contribution in [3.8, 4) is 11.1 Å². The zero-order valence-electron chi connectivity index (χ0n) is 19.3. The molecule has 0 bridgehead atoms. The van der Waals surface area contributed by atoms with Crippen molar-refractivity contribution < 1.29 is 25.9 Å². The summed E-state index contributed by atoms with van der Waals surface area (Å²) in [5.41, 5.74) is 3.28. The van der Waals surface area contributed by atoms with E-state index in [2.05, 4.69) is 10.3 Å². The largest absolute Gasteiger partial charge is 0.375 e. The van der Waals surface area contributed by atoms with Gasteiger partial charge in [0.25, 0.3) is 20.2 Å². The third-order valence-electron chi connectivity index (χ3n) is 6.21. The molecule has 10 heteroatoms.